The third kappa shape index (κ3) is 3.02. The van der Waals surface area contributed by atoms with E-state index < -0.39 is 6.04 Å². The van der Waals surface area contributed by atoms with E-state index >= 15 is 0 Å². The Balaban J connectivity index is 1.74. The summed E-state index contributed by atoms with van der Waals surface area (Å²) in [4.78, 5) is 26.8. The molecule has 1 saturated heterocycles. The van der Waals surface area contributed by atoms with Gasteiger partial charge in [0.25, 0.3) is 5.91 Å². The Kier molecular flexibility index (Phi) is 4.58. The number of amides is 2. The van der Waals surface area contributed by atoms with Crippen LogP contribution in [0.3, 0.4) is 0 Å². The molecule has 2 amide bonds. The molecule has 144 valence electrons. The number of hydrogen-bond donors (Lipinski definition) is 1. The summed E-state index contributed by atoms with van der Waals surface area (Å²) in [5.74, 6) is -0.640. The molecule has 0 bridgehead atoms. The highest BCUT2D eigenvalue weighted by Crippen LogP contribution is 2.29. The Hall–Kier alpha value is -3.22. The standard InChI is InChI=1S/C21H21FN4O2/c1-3-17-20(27)23-9-10-26(17)21(28)14-6-4-5-13(11-14)19-16-12-15(22)7-8-18(16)25(2)24-19/h4-8,11-12,17H,3,9-10H2,1-2H3,(H,23,27). The molecule has 1 aliphatic heterocycles. The van der Waals surface area contributed by atoms with E-state index in [1.54, 1.807) is 40.9 Å². The van der Waals surface area contributed by atoms with Gasteiger partial charge < -0.3 is 10.2 Å². The topological polar surface area (TPSA) is 67.2 Å². The number of aromatic nitrogens is 2. The molecule has 3 aromatic rings. The molecule has 4 rings (SSSR count). The van der Waals surface area contributed by atoms with Crippen LogP contribution in [0, 0.1) is 5.82 Å². The summed E-state index contributed by atoms with van der Waals surface area (Å²) in [6, 6.07) is 11.2. The van der Waals surface area contributed by atoms with Gasteiger partial charge in [-0.25, -0.2) is 4.39 Å². The van der Waals surface area contributed by atoms with Crippen LogP contribution in [0.25, 0.3) is 22.2 Å². The smallest absolute Gasteiger partial charge is 0.254 e. The van der Waals surface area contributed by atoms with Gasteiger partial charge >= 0.3 is 0 Å². The van der Waals surface area contributed by atoms with Crippen LogP contribution in [-0.2, 0) is 11.8 Å². The van der Waals surface area contributed by atoms with Crippen molar-refractivity contribution in [3.05, 3.63) is 53.8 Å². The lowest BCUT2D eigenvalue weighted by Gasteiger charge is -2.34. The van der Waals surface area contributed by atoms with Gasteiger partial charge in [-0.2, -0.15) is 5.10 Å². The van der Waals surface area contributed by atoms with Crippen molar-refractivity contribution >= 4 is 22.7 Å². The van der Waals surface area contributed by atoms with Crippen LogP contribution in [0.1, 0.15) is 23.7 Å². The van der Waals surface area contributed by atoms with Crippen LogP contribution in [0.5, 0.6) is 0 Å². The highest BCUT2D eigenvalue weighted by atomic mass is 19.1. The van der Waals surface area contributed by atoms with Gasteiger partial charge in [-0.15, -0.1) is 0 Å². The summed E-state index contributed by atoms with van der Waals surface area (Å²) in [7, 11) is 1.80. The first-order valence-electron chi connectivity index (χ1n) is 9.31. The molecule has 0 radical (unpaired) electrons. The maximum absolute atomic E-state index is 13.8. The normalized spacial score (nSPS) is 17.0. The van der Waals surface area contributed by atoms with Gasteiger partial charge in [-0.1, -0.05) is 19.1 Å². The number of halogens is 1. The molecule has 1 aliphatic rings. The Bertz CT molecular complexity index is 1080. The number of piperazine rings is 1. The van der Waals surface area contributed by atoms with Gasteiger partial charge in [0.2, 0.25) is 5.91 Å². The zero-order valence-corrected chi connectivity index (χ0v) is 15.8. The monoisotopic (exact) mass is 380 g/mol. The molecule has 0 saturated carbocycles. The number of nitrogens with one attached hydrogen (secondary N) is 1. The van der Waals surface area contributed by atoms with E-state index in [0.717, 1.165) is 11.1 Å². The minimum absolute atomic E-state index is 0.121. The first-order valence-corrected chi connectivity index (χ1v) is 9.31. The lowest BCUT2D eigenvalue weighted by Crippen LogP contribution is -2.56. The van der Waals surface area contributed by atoms with Crippen molar-refractivity contribution in [1.29, 1.82) is 0 Å². The number of carbonyl (C=O) groups excluding carboxylic acids is 2. The highest BCUT2D eigenvalue weighted by molar-refractivity contribution is 6.00. The predicted molar refractivity (Wildman–Crippen MR) is 104 cm³/mol. The number of hydrogen-bond acceptors (Lipinski definition) is 3. The second kappa shape index (κ2) is 7.07. The molecule has 2 aromatic carbocycles. The maximum Gasteiger partial charge on any atom is 0.254 e. The minimum atomic E-state index is -0.463. The summed E-state index contributed by atoms with van der Waals surface area (Å²) in [5.41, 5.74) is 2.65. The molecule has 0 spiro atoms. The lowest BCUT2D eigenvalue weighted by molar-refractivity contribution is -0.127. The Labute approximate surface area is 161 Å². The van der Waals surface area contributed by atoms with Gasteiger partial charge in [0.1, 0.15) is 17.6 Å². The van der Waals surface area contributed by atoms with E-state index in [0.29, 0.717) is 36.2 Å². The van der Waals surface area contributed by atoms with Crippen LogP contribution in [0.15, 0.2) is 42.5 Å². The summed E-state index contributed by atoms with van der Waals surface area (Å²) in [5, 5.41) is 8.01. The van der Waals surface area contributed by atoms with Crippen molar-refractivity contribution in [2.24, 2.45) is 7.05 Å². The Morgan fingerprint density at radius 2 is 2.11 bits per heavy atom. The summed E-state index contributed by atoms with van der Waals surface area (Å²) in [6.07, 6.45) is 0.557. The summed E-state index contributed by atoms with van der Waals surface area (Å²) in [6.45, 7) is 2.82. The second-order valence-electron chi connectivity index (χ2n) is 6.93. The fourth-order valence-electron chi connectivity index (χ4n) is 3.78. The van der Waals surface area contributed by atoms with E-state index in [-0.39, 0.29) is 17.6 Å². The van der Waals surface area contributed by atoms with E-state index in [1.165, 1.54) is 12.1 Å². The molecule has 1 N–H and O–H groups in total. The number of nitrogens with zero attached hydrogens (tertiary/aromatic N) is 3. The fraction of sp³-hybridized carbons (Fsp3) is 0.286. The van der Waals surface area contributed by atoms with Gasteiger partial charge in [-0.3, -0.25) is 14.3 Å². The summed E-state index contributed by atoms with van der Waals surface area (Å²) >= 11 is 0. The van der Waals surface area contributed by atoms with Crippen LogP contribution >= 0.6 is 0 Å². The van der Waals surface area contributed by atoms with Crippen LogP contribution in [0.2, 0.25) is 0 Å². The number of carbonyl (C=O) groups is 2. The van der Waals surface area contributed by atoms with Crippen molar-refractivity contribution in [2.75, 3.05) is 13.1 Å². The maximum atomic E-state index is 13.8. The van der Waals surface area contributed by atoms with Crippen LogP contribution in [-0.4, -0.2) is 45.6 Å². The zero-order valence-electron chi connectivity index (χ0n) is 15.8. The van der Waals surface area contributed by atoms with Gasteiger partial charge in [-0.05, 0) is 36.8 Å². The third-order valence-corrected chi connectivity index (χ3v) is 5.17. The van der Waals surface area contributed by atoms with Gasteiger partial charge in [0.05, 0.1) is 5.52 Å². The lowest BCUT2D eigenvalue weighted by atomic mass is 10.0. The van der Waals surface area contributed by atoms with Crippen molar-refractivity contribution in [3.63, 3.8) is 0 Å². The molecule has 2 heterocycles. The molecular weight excluding hydrogens is 359 g/mol. The van der Waals surface area contributed by atoms with E-state index in [9.17, 15) is 14.0 Å². The molecule has 1 unspecified atom stereocenters. The molecular formula is C21H21FN4O2. The SMILES string of the molecule is CCC1C(=O)NCCN1C(=O)c1cccc(-c2nn(C)c3ccc(F)cc23)c1. The van der Waals surface area contributed by atoms with Crippen molar-refractivity contribution in [2.45, 2.75) is 19.4 Å². The number of rotatable bonds is 3. The van der Waals surface area contributed by atoms with E-state index in [4.69, 9.17) is 0 Å². The second-order valence-corrected chi connectivity index (χ2v) is 6.93. The fourth-order valence-corrected chi connectivity index (χ4v) is 3.78. The van der Waals surface area contributed by atoms with Crippen LogP contribution < -0.4 is 5.32 Å². The number of aryl methyl sites for hydroxylation is 1. The van der Waals surface area contributed by atoms with Gasteiger partial charge in [0.15, 0.2) is 0 Å². The van der Waals surface area contributed by atoms with Crippen molar-refractivity contribution in [3.8, 4) is 11.3 Å². The zero-order chi connectivity index (χ0) is 19.8. The third-order valence-electron chi connectivity index (χ3n) is 5.17. The molecule has 0 aliphatic carbocycles. The first kappa shape index (κ1) is 18.2. The molecule has 28 heavy (non-hydrogen) atoms. The molecule has 7 heteroatoms. The number of fused-ring (bicyclic) bond motifs is 1. The Morgan fingerprint density at radius 1 is 1.29 bits per heavy atom. The summed E-state index contributed by atoms with van der Waals surface area (Å²) < 4.78 is 15.5. The molecule has 6 nitrogen and oxygen atoms in total. The van der Waals surface area contributed by atoms with Crippen LogP contribution in [0.4, 0.5) is 4.39 Å². The average molecular weight is 380 g/mol. The minimum Gasteiger partial charge on any atom is -0.353 e. The Morgan fingerprint density at radius 3 is 2.89 bits per heavy atom. The highest BCUT2D eigenvalue weighted by Gasteiger charge is 2.32. The average Bonchev–Trinajstić information content (AvgIpc) is 3.03. The van der Waals surface area contributed by atoms with Crippen molar-refractivity contribution < 1.29 is 14.0 Å². The first-order chi connectivity index (χ1) is 13.5. The molecule has 1 fully saturated rings. The molecule has 1 atom stereocenters. The van der Waals surface area contributed by atoms with E-state index in [1.807, 2.05) is 13.0 Å². The largest absolute Gasteiger partial charge is 0.353 e. The predicted octanol–water partition coefficient (Wildman–Crippen LogP) is 2.73. The molecule has 1 aromatic heterocycles. The van der Waals surface area contributed by atoms with Crippen molar-refractivity contribution in [1.82, 2.24) is 20.0 Å². The van der Waals surface area contributed by atoms with E-state index in [2.05, 4.69) is 10.4 Å². The quantitative estimate of drug-likeness (QED) is 0.760. The van der Waals surface area contributed by atoms with Gasteiger partial charge in [0, 0.05) is 36.7 Å². The number of benzene rings is 2.